The van der Waals surface area contributed by atoms with E-state index in [1.54, 1.807) is 24.3 Å². The Balaban J connectivity index is 0.00000192. The van der Waals surface area contributed by atoms with Gasteiger partial charge in [0.25, 0.3) is 0 Å². The van der Waals surface area contributed by atoms with Crippen LogP contribution in [0.1, 0.15) is 39.2 Å². The molecule has 0 heterocycles. The van der Waals surface area contributed by atoms with Crippen molar-refractivity contribution in [3.63, 3.8) is 0 Å². The predicted molar refractivity (Wildman–Crippen MR) is 88.3 cm³/mol. The van der Waals surface area contributed by atoms with E-state index in [0.717, 1.165) is 17.7 Å². The van der Waals surface area contributed by atoms with Gasteiger partial charge in [-0.2, -0.15) is 0 Å². The summed E-state index contributed by atoms with van der Waals surface area (Å²) in [7, 11) is -3.70. The van der Waals surface area contributed by atoms with E-state index in [1.165, 1.54) is 6.42 Å². The van der Waals surface area contributed by atoms with Crippen molar-refractivity contribution in [2.24, 2.45) is 28.3 Å². The minimum absolute atomic E-state index is 0. The number of fused-ring (bicyclic) bond motifs is 1. The van der Waals surface area contributed by atoms with Crippen molar-refractivity contribution in [1.82, 2.24) is 0 Å². The Morgan fingerprint density at radius 3 is 2.39 bits per heavy atom. The van der Waals surface area contributed by atoms with Crippen LogP contribution in [0, 0.1) is 30.1 Å². The molecule has 23 heavy (non-hydrogen) atoms. The average molecular weight is 342 g/mol. The summed E-state index contributed by atoms with van der Waals surface area (Å²) in [5.41, 5.74) is 2.23. The van der Waals surface area contributed by atoms with Crippen LogP contribution in [0.4, 0.5) is 0 Å². The van der Waals surface area contributed by atoms with E-state index in [4.69, 9.17) is 0 Å². The van der Waals surface area contributed by atoms with Crippen LogP contribution in [0.3, 0.4) is 0 Å². The Kier molecular flexibility index (Phi) is 5.37. The van der Waals surface area contributed by atoms with Gasteiger partial charge in [-0.25, -0.2) is 8.42 Å². The third kappa shape index (κ3) is 3.53. The van der Waals surface area contributed by atoms with E-state index in [1.807, 2.05) is 6.92 Å². The van der Waals surface area contributed by atoms with E-state index in [-0.39, 0.29) is 39.9 Å². The molecule has 2 aliphatic carbocycles. The van der Waals surface area contributed by atoms with Gasteiger partial charge in [0.1, 0.15) is 10.0 Å². The number of rotatable bonds is 3. The van der Waals surface area contributed by atoms with Gasteiger partial charge in [-0.1, -0.05) is 38.5 Å². The van der Waals surface area contributed by atoms with Crippen LogP contribution in [0.5, 0.6) is 0 Å². The maximum Gasteiger partial charge on any atom is 1.00 e. The van der Waals surface area contributed by atoms with Crippen LogP contribution in [-0.4, -0.2) is 14.1 Å². The van der Waals surface area contributed by atoms with E-state index in [2.05, 4.69) is 30.7 Å². The van der Waals surface area contributed by atoms with Gasteiger partial charge in [0, 0.05) is 11.6 Å². The molecule has 120 valence electrons. The Morgan fingerprint density at radius 2 is 1.78 bits per heavy atom. The first-order valence-corrected chi connectivity index (χ1v) is 9.29. The molecule has 0 bridgehead atoms. The normalized spacial score (nSPS) is 30.3. The fourth-order valence-corrected chi connectivity index (χ4v) is 4.55. The van der Waals surface area contributed by atoms with Gasteiger partial charge in [0.05, 0.1) is 4.90 Å². The predicted octanol–water partition coefficient (Wildman–Crippen LogP) is 1.12. The molecule has 0 radical (unpaired) electrons. The third-order valence-electron chi connectivity index (χ3n) is 5.37. The second-order valence-corrected chi connectivity index (χ2v) is 8.86. The van der Waals surface area contributed by atoms with Gasteiger partial charge in [-0.05, 0) is 49.1 Å². The molecule has 0 spiro atoms. The molecule has 6 heteroatoms. The van der Waals surface area contributed by atoms with Gasteiger partial charge >= 0.3 is 29.6 Å². The second kappa shape index (κ2) is 6.51. The van der Waals surface area contributed by atoms with Crippen molar-refractivity contribution in [2.45, 2.75) is 45.4 Å². The maximum absolute atomic E-state index is 12.3. The molecular weight excluding hydrogens is 319 g/mol. The molecule has 1 aromatic rings. The summed E-state index contributed by atoms with van der Waals surface area (Å²) in [6.45, 7) is 8.53. The minimum Gasteiger partial charge on any atom is -0.491 e. The quantitative estimate of drug-likeness (QED) is 0.610. The molecule has 1 aromatic carbocycles. The molecule has 0 aliphatic heterocycles. The Bertz CT molecular complexity index is 711. The summed E-state index contributed by atoms with van der Waals surface area (Å²) >= 11 is 0. The molecule has 3 rings (SSSR count). The molecule has 2 saturated carbocycles. The van der Waals surface area contributed by atoms with Crippen LogP contribution in [0.15, 0.2) is 34.3 Å². The van der Waals surface area contributed by atoms with E-state index >= 15 is 0 Å². The van der Waals surface area contributed by atoms with Crippen molar-refractivity contribution in [3.05, 3.63) is 34.7 Å². The number of hydrogen-bond donors (Lipinski definition) is 0. The number of hydrogen-bond acceptors (Lipinski definition) is 3. The molecule has 2 aliphatic rings. The molecule has 0 aromatic heterocycles. The second-order valence-electron chi connectivity index (χ2n) is 7.28. The number of aryl methyl sites for hydroxylation is 1. The van der Waals surface area contributed by atoms with Crippen molar-refractivity contribution in [2.75, 3.05) is 0 Å². The number of nitrogens with zero attached hydrogens (tertiary/aromatic N) is 2. The van der Waals surface area contributed by atoms with Crippen LogP contribution in [0.25, 0.3) is 4.83 Å². The molecule has 3 atom stereocenters. The monoisotopic (exact) mass is 342 g/mol. The largest absolute Gasteiger partial charge is 1.00 e. The number of benzene rings is 1. The zero-order chi connectivity index (χ0) is 16.1. The van der Waals surface area contributed by atoms with Crippen LogP contribution < -0.4 is 29.6 Å². The van der Waals surface area contributed by atoms with Gasteiger partial charge in [-0.15, -0.1) is 0 Å². The summed E-state index contributed by atoms with van der Waals surface area (Å²) < 4.78 is 24.6. The molecule has 0 N–H and O–H groups in total. The third-order valence-corrected chi connectivity index (χ3v) is 6.53. The van der Waals surface area contributed by atoms with Crippen molar-refractivity contribution in [1.29, 1.82) is 0 Å². The van der Waals surface area contributed by atoms with Crippen LogP contribution in [0.2, 0.25) is 0 Å². The average Bonchev–Trinajstić information content (AvgIpc) is 3.00. The SMILES string of the molecule is Cc1ccc(S(=O)(=O)[N-]/N=C2\[C@@H]3[C@H](CC[C@@H]2C)C3(C)C)cc1.[Na+]. The topological polar surface area (TPSA) is 60.6 Å². The summed E-state index contributed by atoms with van der Waals surface area (Å²) in [4.78, 5) is 3.94. The zero-order valence-corrected chi connectivity index (χ0v) is 17.4. The van der Waals surface area contributed by atoms with Crippen molar-refractivity contribution in [3.8, 4) is 0 Å². The minimum atomic E-state index is -3.70. The molecule has 0 amide bonds. The Morgan fingerprint density at radius 1 is 1.17 bits per heavy atom. The van der Waals surface area contributed by atoms with Gasteiger partial charge in [-0.3, -0.25) is 0 Å². The fraction of sp³-hybridized carbons (Fsp3) is 0.588. The first-order chi connectivity index (χ1) is 10.2. The zero-order valence-electron chi connectivity index (χ0n) is 14.6. The molecule has 4 nitrogen and oxygen atoms in total. The fourth-order valence-electron chi connectivity index (χ4n) is 3.77. The Hall–Kier alpha value is -0.360. The summed E-state index contributed by atoms with van der Waals surface area (Å²) in [5.74, 6) is 1.35. The van der Waals surface area contributed by atoms with Gasteiger partial charge < -0.3 is 9.93 Å². The number of sulfonamides is 1. The molecule has 2 fully saturated rings. The van der Waals surface area contributed by atoms with E-state index < -0.39 is 10.0 Å². The van der Waals surface area contributed by atoms with Gasteiger partial charge in [0.15, 0.2) is 0 Å². The maximum atomic E-state index is 12.3. The smallest absolute Gasteiger partial charge is 0.491 e. The standard InChI is InChI=1S/C17H23N2O2S.Na/c1-11-5-8-13(9-6-11)22(20,21)19-18-16-12(2)7-10-14-15(16)17(14,3)4;/h5-6,8-9,12,14-15H,7,10H2,1-4H3;/q-1;+1/b18-16-;/t12-,14-,15-;/m0./s1. The molecule has 0 unspecified atom stereocenters. The van der Waals surface area contributed by atoms with Crippen molar-refractivity contribution >= 4 is 15.7 Å². The van der Waals surface area contributed by atoms with E-state index in [0.29, 0.717) is 17.8 Å². The molecular formula is C17H23N2NaO2S. The van der Waals surface area contributed by atoms with Gasteiger partial charge in [0.2, 0.25) is 0 Å². The van der Waals surface area contributed by atoms with Crippen LogP contribution >= 0.6 is 0 Å². The van der Waals surface area contributed by atoms with Crippen molar-refractivity contribution < 1.29 is 38.0 Å². The Labute approximate surface area is 161 Å². The first kappa shape index (κ1) is 19.0. The summed E-state index contributed by atoms with van der Waals surface area (Å²) in [5, 5.41) is 4.21. The van der Waals surface area contributed by atoms with Crippen LogP contribution in [-0.2, 0) is 10.0 Å². The summed E-state index contributed by atoms with van der Waals surface area (Å²) in [6, 6.07) is 6.72. The molecule has 0 saturated heterocycles. The summed E-state index contributed by atoms with van der Waals surface area (Å²) in [6.07, 6.45) is 2.28. The first-order valence-electron chi connectivity index (χ1n) is 7.85. The van der Waals surface area contributed by atoms with E-state index in [9.17, 15) is 8.42 Å².